The van der Waals surface area contributed by atoms with E-state index in [2.05, 4.69) is 42.2 Å². The molecule has 94 valence electrons. The maximum atomic E-state index is 9.21. The summed E-state index contributed by atoms with van der Waals surface area (Å²) in [7, 11) is 0. The number of aliphatic hydroxyl groups is 1. The third-order valence-corrected chi connectivity index (χ3v) is 2.92. The molecule has 0 fully saturated rings. The Morgan fingerprint density at radius 2 is 2.06 bits per heavy atom. The maximum absolute atomic E-state index is 9.21. The molecule has 1 N–H and O–H groups in total. The monoisotopic (exact) mass is 241 g/mol. The Labute approximate surface area is 108 Å². The van der Waals surface area contributed by atoms with Crippen LogP contribution in [0.4, 0.5) is 0 Å². The average molecular weight is 241 g/mol. The normalized spacial score (nSPS) is 13.3. The second-order valence-electron chi connectivity index (χ2n) is 4.60. The van der Waals surface area contributed by atoms with Gasteiger partial charge < -0.3 is 5.11 Å². The van der Waals surface area contributed by atoms with Gasteiger partial charge in [0.15, 0.2) is 0 Å². The summed E-state index contributed by atoms with van der Waals surface area (Å²) < 4.78 is 0. The maximum Gasteiger partial charge on any atom is 0.0711 e. The van der Waals surface area contributed by atoms with Gasteiger partial charge in [0.1, 0.15) is 0 Å². The predicted molar refractivity (Wildman–Crippen MR) is 76.5 cm³/mol. The topological polar surface area (TPSA) is 33.1 Å². The third-order valence-electron chi connectivity index (χ3n) is 2.92. The molecule has 0 aliphatic carbocycles. The van der Waals surface area contributed by atoms with Crippen molar-refractivity contribution >= 4 is 17.0 Å². The molecule has 0 radical (unpaired) electrons. The van der Waals surface area contributed by atoms with Crippen LogP contribution in [0.2, 0.25) is 0 Å². The van der Waals surface area contributed by atoms with Gasteiger partial charge in [-0.1, -0.05) is 37.3 Å². The van der Waals surface area contributed by atoms with E-state index >= 15 is 0 Å². The Bertz CT molecular complexity index is 558. The van der Waals surface area contributed by atoms with Crippen molar-refractivity contribution in [2.75, 3.05) is 0 Å². The first-order chi connectivity index (χ1) is 8.69. The van der Waals surface area contributed by atoms with Crippen LogP contribution in [-0.4, -0.2) is 16.2 Å². The molecule has 1 heterocycles. The van der Waals surface area contributed by atoms with E-state index in [-0.39, 0.29) is 6.10 Å². The highest BCUT2D eigenvalue weighted by Gasteiger charge is 1.98. The summed E-state index contributed by atoms with van der Waals surface area (Å²) in [6.07, 6.45) is 5.38. The molecule has 0 aliphatic heterocycles. The SMILES string of the molecule is CCc1ccc2ccc(C=CCC(C)O)cc2n1. The number of benzene rings is 1. The van der Waals surface area contributed by atoms with Crippen LogP contribution in [0, 0.1) is 0 Å². The second-order valence-corrected chi connectivity index (χ2v) is 4.60. The fraction of sp³-hybridized carbons (Fsp3) is 0.312. The van der Waals surface area contributed by atoms with Crippen molar-refractivity contribution < 1.29 is 5.11 Å². The van der Waals surface area contributed by atoms with Gasteiger partial charge in [-0.15, -0.1) is 0 Å². The van der Waals surface area contributed by atoms with Gasteiger partial charge in [-0.3, -0.25) is 4.98 Å². The Morgan fingerprint density at radius 1 is 1.28 bits per heavy atom. The minimum Gasteiger partial charge on any atom is -0.393 e. The first kappa shape index (κ1) is 12.8. The van der Waals surface area contributed by atoms with Gasteiger partial charge in [-0.25, -0.2) is 0 Å². The third kappa shape index (κ3) is 3.17. The van der Waals surface area contributed by atoms with Crippen molar-refractivity contribution in [1.29, 1.82) is 0 Å². The summed E-state index contributed by atoms with van der Waals surface area (Å²) in [4.78, 5) is 4.61. The number of aromatic nitrogens is 1. The zero-order chi connectivity index (χ0) is 13.0. The summed E-state index contributed by atoms with van der Waals surface area (Å²) in [6, 6.07) is 10.4. The zero-order valence-corrected chi connectivity index (χ0v) is 10.9. The molecule has 0 aliphatic rings. The van der Waals surface area contributed by atoms with Crippen LogP contribution < -0.4 is 0 Å². The lowest BCUT2D eigenvalue weighted by Gasteiger charge is -2.02. The van der Waals surface area contributed by atoms with Gasteiger partial charge in [0.05, 0.1) is 11.6 Å². The van der Waals surface area contributed by atoms with Gasteiger partial charge in [0, 0.05) is 11.1 Å². The van der Waals surface area contributed by atoms with Crippen LogP contribution >= 0.6 is 0 Å². The van der Waals surface area contributed by atoms with Crippen LogP contribution in [0.25, 0.3) is 17.0 Å². The number of aliphatic hydroxyl groups excluding tert-OH is 1. The molecule has 1 unspecified atom stereocenters. The van der Waals surface area contributed by atoms with Crippen LogP contribution in [0.3, 0.4) is 0 Å². The molecular weight excluding hydrogens is 222 g/mol. The van der Waals surface area contributed by atoms with E-state index in [1.54, 1.807) is 6.92 Å². The smallest absolute Gasteiger partial charge is 0.0711 e. The van der Waals surface area contributed by atoms with Crippen molar-refractivity contribution in [1.82, 2.24) is 4.98 Å². The van der Waals surface area contributed by atoms with E-state index in [9.17, 15) is 5.11 Å². The molecule has 2 nitrogen and oxygen atoms in total. The van der Waals surface area contributed by atoms with Gasteiger partial charge in [-0.05, 0) is 37.5 Å². The highest BCUT2D eigenvalue weighted by Crippen LogP contribution is 2.16. The van der Waals surface area contributed by atoms with E-state index in [1.807, 2.05) is 12.2 Å². The van der Waals surface area contributed by atoms with Crippen LogP contribution in [0.1, 0.15) is 31.5 Å². The molecule has 0 bridgehead atoms. The Morgan fingerprint density at radius 3 is 2.78 bits per heavy atom. The summed E-state index contributed by atoms with van der Waals surface area (Å²) in [6.45, 7) is 3.90. The van der Waals surface area contributed by atoms with Crippen LogP contribution in [-0.2, 0) is 6.42 Å². The van der Waals surface area contributed by atoms with E-state index in [1.165, 1.54) is 5.39 Å². The second kappa shape index (κ2) is 5.78. The molecule has 0 saturated heterocycles. The number of rotatable bonds is 4. The Kier molecular flexibility index (Phi) is 4.11. The number of hydrogen-bond donors (Lipinski definition) is 1. The molecule has 2 aromatic rings. The fourth-order valence-corrected chi connectivity index (χ4v) is 1.88. The number of fused-ring (bicyclic) bond motifs is 1. The van der Waals surface area contributed by atoms with Crippen molar-refractivity contribution in [3.63, 3.8) is 0 Å². The molecule has 18 heavy (non-hydrogen) atoms. The largest absolute Gasteiger partial charge is 0.393 e. The molecule has 1 aromatic carbocycles. The molecule has 0 amide bonds. The molecule has 1 atom stereocenters. The predicted octanol–water partition coefficient (Wildman–Crippen LogP) is 3.58. The highest BCUT2D eigenvalue weighted by molar-refractivity contribution is 5.81. The average Bonchev–Trinajstić information content (AvgIpc) is 2.37. The zero-order valence-electron chi connectivity index (χ0n) is 10.9. The minimum atomic E-state index is -0.286. The molecule has 2 heteroatoms. The summed E-state index contributed by atoms with van der Waals surface area (Å²) in [5.74, 6) is 0. The van der Waals surface area contributed by atoms with E-state index < -0.39 is 0 Å². The van der Waals surface area contributed by atoms with Crippen molar-refractivity contribution in [2.24, 2.45) is 0 Å². The molecule has 1 aromatic heterocycles. The standard InChI is InChI=1S/C16H19NO/c1-3-15-10-9-14-8-7-13(11-16(14)17-15)6-4-5-12(2)18/h4,6-12,18H,3,5H2,1-2H3. The highest BCUT2D eigenvalue weighted by atomic mass is 16.3. The summed E-state index contributed by atoms with van der Waals surface area (Å²) >= 11 is 0. The van der Waals surface area contributed by atoms with Crippen LogP contribution in [0.15, 0.2) is 36.4 Å². The number of pyridine rings is 1. The first-order valence-corrected chi connectivity index (χ1v) is 6.43. The molecule has 0 spiro atoms. The lowest BCUT2D eigenvalue weighted by molar-refractivity contribution is 0.199. The van der Waals surface area contributed by atoms with E-state index in [0.29, 0.717) is 6.42 Å². The number of hydrogen-bond acceptors (Lipinski definition) is 2. The van der Waals surface area contributed by atoms with Gasteiger partial charge in [-0.2, -0.15) is 0 Å². The van der Waals surface area contributed by atoms with E-state index in [0.717, 1.165) is 23.2 Å². The number of aryl methyl sites for hydroxylation is 1. The quantitative estimate of drug-likeness (QED) is 0.887. The van der Waals surface area contributed by atoms with Crippen molar-refractivity contribution in [2.45, 2.75) is 32.8 Å². The first-order valence-electron chi connectivity index (χ1n) is 6.43. The lowest BCUT2D eigenvalue weighted by atomic mass is 10.1. The number of nitrogens with zero attached hydrogens (tertiary/aromatic N) is 1. The van der Waals surface area contributed by atoms with Crippen molar-refractivity contribution in [3.8, 4) is 0 Å². The Balaban J connectivity index is 2.28. The molecule has 0 saturated carbocycles. The van der Waals surface area contributed by atoms with Gasteiger partial charge in [0.2, 0.25) is 0 Å². The minimum absolute atomic E-state index is 0.286. The summed E-state index contributed by atoms with van der Waals surface area (Å²) in [5, 5.41) is 10.4. The molecule has 2 rings (SSSR count). The molecular formula is C16H19NO. The summed E-state index contributed by atoms with van der Waals surface area (Å²) in [5.41, 5.74) is 3.28. The van der Waals surface area contributed by atoms with Crippen LogP contribution in [0.5, 0.6) is 0 Å². The lowest BCUT2D eigenvalue weighted by Crippen LogP contribution is -1.95. The van der Waals surface area contributed by atoms with Gasteiger partial charge in [0.25, 0.3) is 0 Å². The fourth-order valence-electron chi connectivity index (χ4n) is 1.88. The van der Waals surface area contributed by atoms with Gasteiger partial charge >= 0.3 is 0 Å². The van der Waals surface area contributed by atoms with Crippen molar-refractivity contribution in [3.05, 3.63) is 47.7 Å². The Hall–Kier alpha value is -1.67. The van der Waals surface area contributed by atoms with E-state index in [4.69, 9.17) is 0 Å².